The highest BCUT2D eigenvalue weighted by Gasteiger charge is 2.17. The lowest BCUT2D eigenvalue weighted by atomic mass is 10.3. The molecule has 2 aromatic heterocycles. The Balaban J connectivity index is 2.30. The third-order valence-electron chi connectivity index (χ3n) is 2.76. The van der Waals surface area contributed by atoms with Crippen LogP contribution in [-0.2, 0) is 18.4 Å². The van der Waals surface area contributed by atoms with Gasteiger partial charge in [-0.3, -0.25) is 14.9 Å². The fourth-order valence-corrected chi connectivity index (χ4v) is 2.68. The summed E-state index contributed by atoms with van der Waals surface area (Å²) in [7, 11) is 1.87. The van der Waals surface area contributed by atoms with E-state index in [-0.39, 0.29) is 11.7 Å². The molecule has 0 radical (unpaired) electrons. The number of rotatable bonds is 5. The van der Waals surface area contributed by atoms with Crippen molar-refractivity contribution in [1.29, 1.82) is 0 Å². The Labute approximate surface area is 120 Å². The first-order valence-electron chi connectivity index (χ1n) is 6.13. The summed E-state index contributed by atoms with van der Waals surface area (Å²) in [5.41, 5.74) is 3.91. The van der Waals surface area contributed by atoms with Crippen molar-refractivity contribution in [2.75, 3.05) is 5.75 Å². The van der Waals surface area contributed by atoms with E-state index in [4.69, 9.17) is 5.84 Å². The van der Waals surface area contributed by atoms with Crippen LogP contribution in [-0.4, -0.2) is 36.2 Å². The van der Waals surface area contributed by atoms with Gasteiger partial charge in [-0.1, -0.05) is 11.8 Å². The molecule has 0 bridgehead atoms. The number of aryl methyl sites for hydroxylation is 2. The molecule has 0 aromatic carbocycles. The normalized spacial score (nSPS) is 10.8. The van der Waals surface area contributed by atoms with Crippen molar-refractivity contribution in [3.05, 3.63) is 11.8 Å². The smallest absolute Gasteiger partial charge is 0.244 e. The Morgan fingerprint density at radius 1 is 1.50 bits per heavy atom. The topological polar surface area (TPSA) is 104 Å². The predicted octanol–water partition coefficient (Wildman–Crippen LogP) is 0.0889. The molecular weight excluding hydrogens is 278 g/mol. The van der Waals surface area contributed by atoms with Gasteiger partial charge >= 0.3 is 0 Å². The number of carbonyl (C=O) groups is 1. The Kier molecular flexibility index (Phi) is 4.40. The molecule has 9 heteroatoms. The molecule has 1 amide bonds. The predicted molar refractivity (Wildman–Crippen MR) is 75.7 cm³/mol. The lowest BCUT2D eigenvalue weighted by molar-refractivity contribution is -0.118. The molecule has 0 unspecified atom stereocenters. The Morgan fingerprint density at radius 3 is 2.80 bits per heavy atom. The average molecular weight is 295 g/mol. The molecule has 108 valence electrons. The summed E-state index contributed by atoms with van der Waals surface area (Å²) < 4.78 is 3.72. The first-order chi connectivity index (χ1) is 9.56. The number of nitrogens with one attached hydrogen (secondary N) is 1. The largest absolute Gasteiger partial charge is 0.301 e. The van der Waals surface area contributed by atoms with Gasteiger partial charge in [0.25, 0.3) is 0 Å². The van der Waals surface area contributed by atoms with Crippen LogP contribution in [0, 0.1) is 6.92 Å². The van der Waals surface area contributed by atoms with Crippen LogP contribution < -0.4 is 11.3 Å². The molecule has 0 atom stereocenters. The van der Waals surface area contributed by atoms with Crippen LogP contribution in [0.15, 0.2) is 11.2 Å². The zero-order valence-electron chi connectivity index (χ0n) is 11.6. The molecule has 0 fully saturated rings. The summed E-state index contributed by atoms with van der Waals surface area (Å²) in [6.07, 6.45) is 0. The second-order valence-electron chi connectivity index (χ2n) is 4.20. The van der Waals surface area contributed by atoms with Crippen molar-refractivity contribution in [3.63, 3.8) is 0 Å². The van der Waals surface area contributed by atoms with Crippen LogP contribution in [0.3, 0.4) is 0 Å². The molecular formula is C11H17N7OS. The van der Waals surface area contributed by atoms with Crippen LogP contribution in [0.5, 0.6) is 0 Å². The van der Waals surface area contributed by atoms with Crippen LogP contribution in [0.1, 0.15) is 12.6 Å². The van der Waals surface area contributed by atoms with E-state index < -0.39 is 0 Å². The fraction of sp³-hybridized carbons (Fsp3) is 0.455. The van der Waals surface area contributed by atoms with Gasteiger partial charge in [0.2, 0.25) is 5.91 Å². The number of thioether (sulfide) groups is 1. The Hall–Kier alpha value is -1.87. The maximum Gasteiger partial charge on any atom is 0.244 e. The lowest BCUT2D eigenvalue weighted by Crippen LogP contribution is -2.31. The fourth-order valence-electron chi connectivity index (χ4n) is 1.86. The Morgan fingerprint density at radius 2 is 2.25 bits per heavy atom. The molecule has 2 aromatic rings. The third-order valence-corrected chi connectivity index (χ3v) is 3.72. The second-order valence-corrected chi connectivity index (χ2v) is 5.14. The molecule has 20 heavy (non-hydrogen) atoms. The van der Waals surface area contributed by atoms with E-state index >= 15 is 0 Å². The quantitative estimate of drug-likeness (QED) is 0.351. The number of nitrogens with zero attached hydrogens (tertiary/aromatic N) is 5. The summed E-state index contributed by atoms with van der Waals surface area (Å²) in [4.78, 5) is 11.2. The van der Waals surface area contributed by atoms with E-state index in [0.717, 1.165) is 17.2 Å². The van der Waals surface area contributed by atoms with Gasteiger partial charge in [0.1, 0.15) is 5.69 Å². The molecule has 3 N–H and O–H groups in total. The number of hydrazine groups is 1. The van der Waals surface area contributed by atoms with Crippen LogP contribution in [0.2, 0.25) is 0 Å². The highest BCUT2D eigenvalue weighted by molar-refractivity contribution is 7.99. The maximum absolute atomic E-state index is 11.2. The van der Waals surface area contributed by atoms with E-state index in [2.05, 4.69) is 20.7 Å². The molecule has 0 aliphatic heterocycles. The molecule has 2 heterocycles. The van der Waals surface area contributed by atoms with E-state index in [1.165, 1.54) is 11.8 Å². The number of nitrogens with two attached hydrogens (primary N) is 1. The summed E-state index contributed by atoms with van der Waals surface area (Å²) >= 11 is 1.30. The molecule has 0 spiro atoms. The van der Waals surface area contributed by atoms with Gasteiger partial charge in [0.05, 0.1) is 11.4 Å². The zero-order valence-corrected chi connectivity index (χ0v) is 12.4. The van der Waals surface area contributed by atoms with Gasteiger partial charge in [-0.15, -0.1) is 10.2 Å². The van der Waals surface area contributed by atoms with Crippen molar-refractivity contribution in [3.8, 4) is 11.5 Å². The number of aromatic nitrogens is 5. The van der Waals surface area contributed by atoms with E-state index in [0.29, 0.717) is 11.7 Å². The highest BCUT2D eigenvalue weighted by Crippen LogP contribution is 2.23. The van der Waals surface area contributed by atoms with E-state index in [1.54, 1.807) is 4.68 Å². The van der Waals surface area contributed by atoms with Gasteiger partial charge in [-0.25, -0.2) is 5.84 Å². The summed E-state index contributed by atoms with van der Waals surface area (Å²) in [6.45, 7) is 4.64. The van der Waals surface area contributed by atoms with Crippen LogP contribution in [0.25, 0.3) is 11.5 Å². The van der Waals surface area contributed by atoms with Gasteiger partial charge in [-0.05, 0) is 19.9 Å². The molecule has 0 aliphatic carbocycles. The molecule has 0 saturated carbocycles. The van der Waals surface area contributed by atoms with Gasteiger partial charge in [-0.2, -0.15) is 5.10 Å². The monoisotopic (exact) mass is 295 g/mol. The first-order valence-corrected chi connectivity index (χ1v) is 7.11. The SMILES string of the molecule is CCn1c(SCC(=O)NN)nnc1-c1cc(C)nn1C. The van der Waals surface area contributed by atoms with E-state index in [1.807, 2.05) is 31.5 Å². The van der Waals surface area contributed by atoms with Gasteiger partial charge in [0, 0.05) is 13.6 Å². The average Bonchev–Trinajstić information content (AvgIpc) is 2.98. The molecule has 0 aliphatic rings. The molecule has 2 rings (SSSR count). The minimum Gasteiger partial charge on any atom is -0.301 e. The number of hydrogen-bond acceptors (Lipinski definition) is 6. The number of amides is 1. The highest BCUT2D eigenvalue weighted by atomic mass is 32.2. The number of carbonyl (C=O) groups excluding carboxylic acids is 1. The maximum atomic E-state index is 11.2. The van der Waals surface area contributed by atoms with E-state index in [9.17, 15) is 4.79 Å². The summed E-state index contributed by atoms with van der Waals surface area (Å²) in [5.74, 6) is 5.76. The van der Waals surface area contributed by atoms with Gasteiger partial charge in [0.15, 0.2) is 11.0 Å². The van der Waals surface area contributed by atoms with Crippen LogP contribution >= 0.6 is 11.8 Å². The van der Waals surface area contributed by atoms with Crippen LogP contribution in [0.4, 0.5) is 0 Å². The number of hydrogen-bond donors (Lipinski definition) is 2. The summed E-state index contributed by atoms with van der Waals surface area (Å²) in [5, 5.41) is 13.3. The second kappa shape index (κ2) is 6.06. The minimum absolute atomic E-state index is 0.207. The standard InChI is InChI=1S/C11H17N7OS/c1-4-18-10(8-5-7(2)16-17(8)3)14-15-11(18)20-6-9(19)13-12/h5H,4,6,12H2,1-3H3,(H,13,19). The lowest BCUT2D eigenvalue weighted by Gasteiger charge is -2.06. The summed E-state index contributed by atoms with van der Waals surface area (Å²) in [6, 6.07) is 1.96. The first kappa shape index (κ1) is 14.5. The van der Waals surface area contributed by atoms with Crippen molar-refractivity contribution in [2.24, 2.45) is 12.9 Å². The van der Waals surface area contributed by atoms with Crippen molar-refractivity contribution in [2.45, 2.75) is 25.5 Å². The Bertz CT molecular complexity index is 618. The molecule has 0 saturated heterocycles. The molecule has 8 nitrogen and oxygen atoms in total. The third kappa shape index (κ3) is 2.83. The van der Waals surface area contributed by atoms with Crippen molar-refractivity contribution < 1.29 is 4.79 Å². The van der Waals surface area contributed by atoms with Crippen molar-refractivity contribution >= 4 is 17.7 Å². The van der Waals surface area contributed by atoms with Crippen molar-refractivity contribution in [1.82, 2.24) is 30.0 Å². The minimum atomic E-state index is -0.251. The zero-order chi connectivity index (χ0) is 14.7. The van der Waals surface area contributed by atoms with Gasteiger partial charge < -0.3 is 4.57 Å².